The van der Waals surface area contributed by atoms with Crippen molar-refractivity contribution in [1.82, 2.24) is 18.3 Å². The summed E-state index contributed by atoms with van der Waals surface area (Å²) >= 11 is 0. The fraction of sp³-hybridized carbons (Fsp3) is 0.0870. The topological polar surface area (TPSA) is 19.7 Å². The molecule has 4 aromatic heterocycles. The second-order valence-corrected chi connectivity index (χ2v) is 27.7. The van der Waals surface area contributed by atoms with E-state index < -0.39 is 0 Å². The van der Waals surface area contributed by atoms with Crippen LogP contribution < -0.4 is 24.8 Å². The molecule has 0 N–H and O–H groups in total. The average Bonchev–Trinajstić information content (AvgIpc) is 1.61. The molecular formula is C92H76Cl2N4Si2Zr2. The minimum Gasteiger partial charge on any atom is -1.00 e. The molecule has 16 aromatic carbocycles. The van der Waals surface area contributed by atoms with Gasteiger partial charge in [0, 0.05) is 84.9 Å². The quantitative estimate of drug-likeness (QED) is 0.124. The number of nitrogens with zero attached hydrogens (tertiary/aromatic N) is 4. The zero-order valence-electron chi connectivity index (χ0n) is 58.6. The third-order valence-corrected chi connectivity index (χ3v) is 18.8. The zero-order valence-corrected chi connectivity index (χ0v) is 67.0. The number of rotatable bonds is 4. The monoisotopic (exact) mass is 1540 g/mol. The third-order valence-electron chi connectivity index (χ3n) is 18.8. The first-order valence-corrected chi connectivity index (χ1v) is 37.9. The van der Waals surface area contributed by atoms with Crippen LogP contribution in [0.25, 0.3) is 153 Å². The fourth-order valence-electron chi connectivity index (χ4n) is 15.0. The Hall–Kier alpha value is -8.94. The van der Waals surface area contributed by atoms with Crippen molar-refractivity contribution in [2.45, 2.75) is 53.9 Å². The fourth-order valence-corrected chi connectivity index (χ4v) is 15.0. The molecule has 0 aliphatic rings. The molecule has 0 saturated carbocycles. The summed E-state index contributed by atoms with van der Waals surface area (Å²) in [7, 11) is 2.17. The number of hydrogen-bond donors (Lipinski definition) is 0. The number of benzene rings is 12. The van der Waals surface area contributed by atoms with Gasteiger partial charge in [-0.2, -0.15) is 24.3 Å². The first kappa shape index (κ1) is 74.3. The minimum atomic E-state index is 0. The van der Waals surface area contributed by atoms with Crippen molar-refractivity contribution in [2.75, 3.05) is 0 Å². The summed E-state index contributed by atoms with van der Waals surface area (Å²) in [6.07, 6.45) is 0. The van der Waals surface area contributed by atoms with E-state index in [9.17, 15) is 0 Å². The Labute approximate surface area is 653 Å². The largest absolute Gasteiger partial charge is 3.00 e. The average molecular weight is 1550 g/mol. The summed E-state index contributed by atoms with van der Waals surface area (Å²) < 4.78 is 9.58. The predicted molar refractivity (Wildman–Crippen MR) is 429 cm³/mol. The van der Waals surface area contributed by atoms with Crippen molar-refractivity contribution in [1.29, 1.82) is 0 Å². The van der Waals surface area contributed by atoms with E-state index in [0.717, 1.165) is 19.0 Å². The molecule has 6 radical (unpaired) electrons. The summed E-state index contributed by atoms with van der Waals surface area (Å²) in [5.74, 6) is 0. The van der Waals surface area contributed by atoms with Crippen LogP contribution in [0.3, 0.4) is 0 Å². The van der Waals surface area contributed by atoms with Crippen LogP contribution in [-0.4, -0.2) is 37.3 Å². The number of aromatic nitrogens is 4. The van der Waals surface area contributed by atoms with Crippen LogP contribution in [-0.2, 0) is 52.4 Å². The smallest absolute Gasteiger partial charge is 1.00 e. The molecule has 0 saturated heterocycles. The van der Waals surface area contributed by atoms with Crippen LogP contribution in [0.5, 0.6) is 0 Å². The van der Waals surface area contributed by atoms with Crippen molar-refractivity contribution in [3.05, 3.63) is 338 Å². The van der Waals surface area contributed by atoms with Gasteiger partial charge in [0.15, 0.2) is 0 Å². The van der Waals surface area contributed by atoms with E-state index in [4.69, 9.17) is 0 Å². The summed E-state index contributed by atoms with van der Waals surface area (Å²) in [5, 5.41) is 21.0. The van der Waals surface area contributed by atoms with Gasteiger partial charge in [0.25, 0.3) is 0 Å². The number of fused-ring (bicyclic) bond motifs is 16. The molecule has 0 amide bonds. The molecule has 0 unspecified atom stereocenters. The molecule has 0 fully saturated rings. The molecule has 0 spiro atoms. The molecule has 4 heterocycles. The molecule has 4 nitrogen and oxygen atoms in total. The zero-order chi connectivity index (χ0) is 67.0. The van der Waals surface area contributed by atoms with E-state index >= 15 is 0 Å². The summed E-state index contributed by atoms with van der Waals surface area (Å²) in [4.78, 5) is 0. The molecule has 0 aliphatic carbocycles. The van der Waals surface area contributed by atoms with Crippen molar-refractivity contribution >= 4 is 149 Å². The molecule has 0 bridgehead atoms. The van der Waals surface area contributed by atoms with Crippen molar-refractivity contribution in [3.8, 4) is 22.7 Å². The molecule has 102 heavy (non-hydrogen) atoms. The minimum absolute atomic E-state index is 0. The van der Waals surface area contributed by atoms with Crippen LogP contribution in [0.4, 0.5) is 0 Å². The summed E-state index contributed by atoms with van der Waals surface area (Å²) in [5.41, 5.74) is 20.4. The third kappa shape index (κ3) is 13.8. The second-order valence-electron chi connectivity index (χ2n) is 25.7. The Balaban J connectivity index is 0.000000131. The molecule has 20 rings (SSSR count). The van der Waals surface area contributed by atoms with E-state index in [-0.39, 0.29) is 77.2 Å². The SMILES string of the molecule is C[Si]C.C[Si]C.Cc1cc2c(-n3c4ccccc4c4ccccc43)cccc2[cH-]1.Cc1cc2c(-n3c4ccccc4c4ccccc43)cccc2[cH-]1.Cc1cc2c(-n3c4ccccc4c4ccccc43)cccc2[cH-]1.Cc1cc2c(-n3c4ccccc4c4ccccc43)cccc2[cH-]1.[Cl-].[Cl-].[Zr+3].[Zr+3]. The maximum Gasteiger partial charge on any atom is 3.00 e. The van der Waals surface area contributed by atoms with E-state index in [1.54, 1.807) is 0 Å². The summed E-state index contributed by atoms with van der Waals surface area (Å²) in [6, 6.07) is 114. The molecule has 20 aromatic rings. The van der Waals surface area contributed by atoms with E-state index in [0.29, 0.717) is 0 Å². The summed E-state index contributed by atoms with van der Waals surface area (Å²) in [6.45, 7) is 17.3. The van der Waals surface area contributed by atoms with Gasteiger partial charge < -0.3 is 43.1 Å². The van der Waals surface area contributed by atoms with E-state index in [2.05, 4.69) is 388 Å². The van der Waals surface area contributed by atoms with Gasteiger partial charge >= 0.3 is 52.4 Å². The van der Waals surface area contributed by atoms with Crippen LogP contribution in [0.15, 0.2) is 315 Å². The maximum absolute atomic E-state index is 2.40. The number of para-hydroxylation sites is 8. The Morgan fingerprint density at radius 2 is 0.353 bits per heavy atom. The Morgan fingerprint density at radius 1 is 0.206 bits per heavy atom. The van der Waals surface area contributed by atoms with Crippen LogP contribution in [0.1, 0.15) is 22.3 Å². The van der Waals surface area contributed by atoms with Gasteiger partial charge in [0.05, 0.1) is 44.1 Å². The molecular weight excluding hydrogens is 1470 g/mol. The van der Waals surface area contributed by atoms with Gasteiger partial charge in [0.1, 0.15) is 0 Å². The first-order chi connectivity index (χ1) is 48.1. The normalized spacial score (nSPS) is 10.9. The Bertz CT molecular complexity index is 5310. The van der Waals surface area contributed by atoms with Crippen molar-refractivity contribution < 1.29 is 77.2 Å². The van der Waals surface area contributed by atoms with Crippen molar-refractivity contribution in [2.24, 2.45) is 0 Å². The molecule has 494 valence electrons. The van der Waals surface area contributed by atoms with Gasteiger partial charge in [-0.25, -0.2) is 0 Å². The molecule has 0 aliphatic heterocycles. The van der Waals surface area contributed by atoms with Crippen LogP contribution >= 0.6 is 0 Å². The standard InChI is InChI=1S/4C22H16N.2C2H6Si.2ClH.2Zr/c4*1-15-13-16-7-6-12-22(19(16)14-15)23-20-10-4-2-8-17(20)18-9-3-5-11-21(18)23;2*1-3-2;;;;/h4*2-14H,1H3;2*1-2H3;2*1H;;/q4*-1;;;;;2*+3/p-2. The molecule has 10 heteroatoms. The van der Waals surface area contributed by atoms with Crippen molar-refractivity contribution in [3.63, 3.8) is 0 Å². The van der Waals surface area contributed by atoms with Crippen LogP contribution in [0, 0.1) is 27.7 Å². The molecule has 0 atom stereocenters. The second kappa shape index (κ2) is 32.6. The van der Waals surface area contributed by atoms with Gasteiger partial charge in [-0.1, -0.05) is 224 Å². The number of hydrogen-bond acceptors (Lipinski definition) is 0. The van der Waals surface area contributed by atoms with Crippen LogP contribution in [0.2, 0.25) is 26.2 Å². The number of aryl methyl sites for hydroxylation is 4. The van der Waals surface area contributed by atoms with E-state index in [1.807, 2.05) is 0 Å². The van der Waals surface area contributed by atoms with E-state index in [1.165, 1.54) is 175 Å². The predicted octanol–water partition coefficient (Wildman–Crippen LogP) is 19.4. The first-order valence-electron chi connectivity index (χ1n) is 33.9. The number of halogens is 2. The maximum atomic E-state index is 2.40. The van der Waals surface area contributed by atoms with Gasteiger partial charge in [-0.05, 0) is 48.5 Å². The van der Waals surface area contributed by atoms with Gasteiger partial charge in [-0.3, -0.25) is 0 Å². The Morgan fingerprint density at radius 3 is 0.510 bits per heavy atom. The Kier molecular flexibility index (Phi) is 23.7. The van der Waals surface area contributed by atoms with Gasteiger partial charge in [-0.15, -0.1) is 138 Å². The van der Waals surface area contributed by atoms with Gasteiger partial charge in [0.2, 0.25) is 0 Å².